The maximum atomic E-state index is 12.4. The summed E-state index contributed by atoms with van der Waals surface area (Å²) in [6.07, 6.45) is 2.98. The van der Waals surface area contributed by atoms with Gasteiger partial charge in [0.2, 0.25) is 0 Å². The molecule has 0 fully saturated rings. The zero-order valence-corrected chi connectivity index (χ0v) is 11.6. The van der Waals surface area contributed by atoms with Crippen LogP contribution < -0.4 is 4.74 Å². The Balaban J connectivity index is 2.24. The highest BCUT2D eigenvalue weighted by molar-refractivity contribution is 6.11. The van der Waals surface area contributed by atoms with Gasteiger partial charge in [-0.25, -0.2) is 0 Å². The summed E-state index contributed by atoms with van der Waals surface area (Å²) in [5, 5.41) is 0.682. The number of benzene rings is 1. The van der Waals surface area contributed by atoms with Gasteiger partial charge in [-0.3, -0.25) is 14.2 Å². The number of carbonyl (C=O) groups excluding carboxylic acids is 2. The van der Waals surface area contributed by atoms with Crippen LogP contribution in [0, 0.1) is 0 Å². The number of hydrogen-bond donors (Lipinski definition) is 0. The molecule has 21 heavy (non-hydrogen) atoms. The largest absolute Gasteiger partial charge is 0.497 e. The number of methoxy groups -OCH3 is 1. The number of nitrogens with zero attached hydrogens (tertiary/aromatic N) is 1. The Morgan fingerprint density at radius 3 is 2.67 bits per heavy atom. The molecule has 3 aromatic rings. The van der Waals surface area contributed by atoms with Gasteiger partial charge in [0.25, 0.3) is 5.91 Å². The van der Waals surface area contributed by atoms with E-state index in [4.69, 9.17) is 9.15 Å². The van der Waals surface area contributed by atoms with Crippen LogP contribution in [0.1, 0.15) is 27.8 Å². The lowest BCUT2D eigenvalue weighted by atomic mass is 10.1. The Bertz CT molecular complexity index is 827. The molecule has 1 aromatic carbocycles. The quantitative estimate of drug-likeness (QED) is 0.693. The number of rotatable bonds is 3. The number of hydrogen-bond acceptors (Lipinski definition) is 4. The predicted molar refractivity (Wildman–Crippen MR) is 76.9 cm³/mol. The lowest BCUT2D eigenvalue weighted by molar-refractivity contribution is 0.0937. The number of Topliss-reactive ketones (excluding diaryl/α,β-unsaturated/α-hetero) is 1. The maximum absolute atomic E-state index is 12.4. The molecule has 0 spiro atoms. The fraction of sp³-hybridized carbons (Fsp3) is 0.125. The minimum absolute atomic E-state index is 0.112. The van der Waals surface area contributed by atoms with Crippen molar-refractivity contribution in [3.8, 4) is 5.75 Å². The van der Waals surface area contributed by atoms with Gasteiger partial charge >= 0.3 is 0 Å². The highest BCUT2D eigenvalue weighted by atomic mass is 16.5. The van der Waals surface area contributed by atoms with Gasteiger partial charge in [0.05, 0.1) is 18.9 Å². The van der Waals surface area contributed by atoms with Crippen molar-refractivity contribution >= 4 is 22.6 Å². The van der Waals surface area contributed by atoms with Gasteiger partial charge in [0, 0.05) is 17.1 Å². The lowest BCUT2D eigenvalue weighted by Crippen LogP contribution is -2.09. The van der Waals surface area contributed by atoms with E-state index in [1.54, 1.807) is 37.4 Å². The Hall–Kier alpha value is -2.82. The second-order valence-electron chi connectivity index (χ2n) is 4.63. The van der Waals surface area contributed by atoms with E-state index >= 15 is 0 Å². The first kappa shape index (κ1) is 13.2. The summed E-state index contributed by atoms with van der Waals surface area (Å²) in [5.41, 5.74) is 1.12. The number of ether oxygens (including phenoxy) is 1. The van der Waals surface area contributed by atoms with E-state index in [1.807, 2.05) is 0 Å². The van der Waals surface area contributed by atoms with E-state index in [1.165, 1.54) is 24.0 Å². The van der Waals surface area contributed by atoms with Crippen LogP contribution in [0.25, 0.3) is 10.9 Å². The topological polar surface area (TPSA) is 61.4 Å². The lowest BCUT2D eigenvalue weighted by Gasteiger charge is -2.03. The van der Waals surface area contributed by atoms with Crippen LogP contribution in [0.15, 0.2) is 47.2 Å². The summed E-state index contributed by atoms with van der Waals surface area (Å²) in [6.45, 7) is 1.47. The van der Waals surface area contributed by atoms with E-state index in [9.17, 15) is 9.59 Å². The van der Waals surface area contributed by atoms with Crippen LogP contribution in [-0.2, 0) is 0 Å². The van der Waals surface area contributed by atoms with E-state index in [-0.39, 0.29) is 17.5 Å². The van der Waals surface area contributed by atoms with Crippen molar-refractivity contribution in [2.75, 3.05) is 7.11 Å². The summed E-state index contributed by atoms with van der Waals surface area (Å²) in [4.78, 5) is 24.2. The average molecular weight is 283 g/mol. The first-order chi connectivity index (χ1) is 10.1. The van der Waals surface area contributed by atoms with Crippen molar-refractivity contribution < 1.29 is 18.7 Å². The molecule has 106 valence electrons. The van der Waals surface area contributed by atoms with Gasteiger partial charge < -0.3 is 9.15 Å². The number of furan rings is 1. The summed E-state index contributed by atoms with van der Waals surface area (Å²) in [7, 11) is 1.56. The second-order valence-corrected chi connectivity index (χ2v) is 4.63. The van der Waals surface area contributed by atoms with Gasteiger partial charge in [-0.05, 0) is 37.3 Å². The third-order valence-electron chi connectivity index (χ3n) is 3.34. The number of aromatic nitrogens is 1. The van der Waals surface area contributed by atoms with Crippen LogP contribution in [0.5, 0.6) is 5.75 Å². The standard InChI is InChI=1S/C16H13NO4/c1-10(18)13-9-17(16(19)15-4-3-7-21-15)14-6-5-11(20-2)8-12(13)14/h3-9H,1-2H3. The van der Waals surface area contributed by atoms with Gasteiger partial charge in [0.1, 0.15) is 5.75 Å². The average Bonchev–Trinajstić information content (AvgIpc) is 3.13. The van der Waals surface area contributed by atoms with Gasteiger partial charge in [-0.1, -0.05) is 0 Å². The normalized spacial score (nSPS) is 10.8. The van der Waals surface area contributed by atoms with Crippen molar-refractivity contribution in [3.63, 3.8) is 0 Å². The third kappa shape index (κ3) is 2.12. The van der Waals surface area contributed by atoms with Crippen molar-refractivity contribution in [3.05, 3.63) is 54.1 Å². The summed E-state index contributed by atoms with van der Waals surface area (Å²) in [6, 6.07) is 8.48. The van der Waals surface area contributed by atoms with E-state index in [0.717, 1.165) is 0 Å². The molecule has 0 N–H and O–H groups in total. The highest BCUT2D eigenvalue weighted by Gasteiger charge is 2.19. The summed E-state index contributed by atoms with van der Waals surface area (Å²) < 4.78 is 11.7. The van der Waals surface area contributed by atoms with Crippen molar-refractivity contribution in [1.29, 1.82) is 0 Å². The molecule has 5 heteroatoms. The molecule has 3 rings (SSSR count). The first-order valence-corrected chi connectivity index (χ1v) is 6.40. The molecule has 0 unspecified atom stereocenters. The van der Waals surface area contributed by atoms with Crippen molar-refractivity contribution in [2.24, 2.45) is 0 Å². The van der Waals surface area contributed by atoms with Gasteiger partial charge in [-0.15, -0.1) is 0 Å². The van der Waals surface area contributed by atoms with Crippen LogP contribution in [-0.4, -0.2) is 23.4 Å². The molecule has 0 aliphatic rings. The number of fused-ring (bicyclic) bond motifs is 1. The fourth-order valence-corrected chi connectivity index (χ4v) is 2.30. The Kier molecular flexibility index (Phi) is 3.10. The SMILES string of the molecule is COc1ccc2c(c1)c(C(C)=O)cn2C(=O)c1ccco1. The fourth-order valence-electron chi connectivity index (χ4n) is 2.30. The molecule has 0 aliphatic heterocycles. The Labute approximate surface area is 120 Å². The summed E-state index contributed by atoms with van der Waals surface area (Å²) >= 11 is 0. The zero-order valence-electron chi connectivity index (χ0n) is 11.6. The molecular weight excluding hydrogens is 270 g/mol. The molecule has 0 atom stereocenters. The first-order valence-electron chi connectivity index (χ1n) is 6.40. The van der Waals surface area contributed by atoms with Gasteiger partial charge in [-0.2, -0.15) is 0 Å². The molecule has 2 aromatic heterocycles. The van der Waals surface area contributed by atoms with Crippen molar-refractivity contribution in [2.45, 2.75) is 6.92 Å². The minimum atomic E-state index is -0.317. The number of carbonyl (C=O) groups is 2. The zero-order chi connectivity index (χ0) is 15.0. The molecule has 2 heterocycles. The van der Waals surface area contributed by atoms with E-state index in [0.29, 0.717) is 22.2 Å². The molecule has 5 nitrogen and oxygen atoms in total. The number of ketones is 1. The van der Waals surface area contributed by atoms with Gasteiger partial charge in [0.15, 0.2) is 11.5 Å². The molecular formula is C16H13NO4. The van der Waals surface area contributed by atoms with Crippen LogP contribution in [0.3, 0.4) is 0 Å². The molecule has 0 bridgehead atoms. The van der Waals surface area contributed by atoms with Crippen LogP contribution in [0.4, 0.5) is 0 Å². The van der Waals surface area contributed by atoms with E-state index in [2.05, 4.69) is 0 Å². The Morgan fingerprint density at radius 2 is 2.05 bits per heavy atom. The molecule has 0 radical (unpaired) electrons. The van der Waals surface area contributed by atoms with E-state index < -0.39 is 0 Å². The molecule has 0 saturated heterocycles. The van der Waals surface area contributed by atoms with Crippen LogP contribution >= 0.6 is 0 Å². The Morgan fingerprint density at radius 1 is 1.24 bits per heavy atom. The minimum Gasteiger partial charge on any atom is -0.497 e. The second kappa shape index (κ2) is 4.94. The molecule has 0 amide bonds. The maximum Gasteiger partial charge on any atom is 0.298 e. The molecule has 0 aliphatic carbocycles. The monoisotopic (exact) mass is 283 g/mol. The van der Waals surface area contributed by atoms with Crippen LogP contribution in [0.2, 0.25) is 0 Å². The van der Waals surface area contributed by atoms with Crippen molar-refractivity contribution in [1.82, 2.24) is 4.57 Å². The highest BCUT2D eigenvalue weighted by Crippen LogP contribution is 2.27. The summed E-state index contributed by atoms with van der Waals surface area (Å²) in [5.74, 6) is 0.424. The third-order valence-corrected chi connectivity index (χ3v) is 3.34. The predicted octanol–water partition coefficient (Wildman–Crippen LogP) is 3.13. The smallest absolute Gasteiger partial charge is 0.298 e. The molecule has 0 saturated carbocycles.